The van der Waals surface area contributed by atoms with E-state index in [0.29, 0.717) is 0 Å². The summed E-state index contributed by atoms with van der Waals surface area (Å²) in [7, 11) is 0. The lowest BCUT2D eigenvalue weighted by molar-refractivity contribution is 1.23. The molecule has 8 aliphatic rings. The molecule has 95 heavy (non-hydrogen) atoms. The van der Waals surface area contributed by atoms with Gasteiger partial charge in [0.2, 0.25) is 0 Å². The molecular formula is C84H50B4N6S. The standard InChI is InChI=1S/C84H50B4N6S/c1-5-25-51(26-6-1)89-65-39-19-13-33-57(65)85-59-35-15-21-41-67(59)93-69-43-23-17-37-61(69)87-63-45-55-56-46-64-72(50-78(56)95-77(55)49-71(63)91(53-29-9-3-10-30-53)75-47-73(89)79(85)83(93)81(75)87)92(54-31-11-4-12-32-54)76-48-74-80-84-82(76)88(64)62-38-18-24-44-70(62)94(84)68-42-22-16-36-60(68)86(80)58-34-14-20-40-66(58)90(74)52-27-7-2-8-28-52/h1-50H. The minimum Gasteiger partial charge on any atom is -0.312 e. The highest BCUT2D eigenvalue weighted by Crippen LogP contribution is 2.54. The molecule has 0 spiro atoms. The van der Waals surface area contributed by atoms with Crippen molar-refractivity contribution in [3.05, 3.63) is 303 Å². The fourth-order valence-electron chi connectivity index (χ4n) is 18.6. The van der Waals surface area contributed by atoms with Gasteiger partial charge >= 0.3 is 0 Å². The van der Waals surface area contributed by atoms with E-state index in [1.54, 1.807) is 0 Å². The highest BCUT2D eigenvalue weighted by Gasteiger charge is 2.54. The quantitative estimate of drug-likeness (QED) is 0.162. The molecule has 0 saturated heterocycles. The van der Waals surface area contributed by atoms with Crippen LogP contribution < -0.4 is 95.0 Å². The molecule has 0 atom stereocenters. The maximum absolute atomic E-state index is 2.65. The Balaban J connectivity index is 0.813. The van der Waals surface area contributed by atoms with Crippen LogP contribution in [0, 0.1) is 0 Å². The van der Waals surface area contributed by atoms with Crippen LogP contribution in [-0.2, 0) is 0 Å². The zero-order chi connectivity index (χ0) is 61.5. The van der Waals surface area contributed by atoms with E-state index in [4.69, 9.17) is 0 Å². The first-order valence-electron chi connectivity index (χ1n) is 33.2. The Morgan fingerprint density at radius 2 is 0.421 bits per heavy atom. The number of hydrogen-bond donors (Lipinski definition) is 0. The summed E-state index contributed by atoms with van der Waals surface area (Å²) in [5.41, 5.74) is 37.8. The van der Waals surface area contributed by atoms with Gasteiger partial charge in [-0.15, -0.1) is 11.3 Å². The molecule has 0 aliphatic carbocycles. The Labute approximate surface area is 555 Å². The minimum absolute atomic E-state index is 0.0118. The van der Waals surface area contributed by atoms with Crippen LogP contribution in [0.3, 0.4) is 0 Å². The molecule has 6 nitrogen and oxygen atoms in total. The van der Waals surface area contributed by atoms with Gasteiger partial charge in [-0.1, -0.05) is 194 Å². The fourth-order valence-corrected chi connectivity index (χ4v) is 19.8. The van der Waals surface area contributed by atoms with Crippen molar-refractivity contribution in [3.8, 4) is 0 Å². The van der Waals surface area contributed by atoms with E-state index in [1.807, 2.05) is 11.3 Å². The monoisotopic (exact) mass is 1220 g/mol. The van der Waals surface area contributed by atoms with E-state index in [1.165, 1.54) is 165 Å². The average Bonchev–Trinajstić information content (AvgIpc) is 1.06. The molecular weight excluding hydrogens is 1170 g/mol. The van der Waals surface area contributed by atoms with Crippen LogP contribution in [-0.4, -0.2) is 26.9 Å². The average molecular weight is 1220 g/mol. The molecule has 15 aromatic rings. The lowest BCUT2D eigenvalue weighted by Gasteiger charge is -2.51. The van der Waals surface area contributed by atoms with Gasteiger partial charge in [-0.2, -0.15) is 0 Å². The van der Waals surface area contributed by atoms with Crippen LogP contribution in [0.15, 0.2) is 303 Å². The van der Waals surface area contributed by atoms with Gasteiger partial charge < -0.3 is 29.4 Å². The Hall–Kier alpha value is -11.6. The Morgan fingerprint density at radius 1 is 0.189 bits per heavy atom. The first-order valence-corrected chi connectivity index (χ1v) is 34.0. The Kier molecular flexibility index (Phi) is 9.95. The highest BCUT2D eigenvalue weighted by molar-refractivity contribution is 7.26. The van der Waals surface area contributed by atoms with Gasteiger partial charge in [-0.05, 0) is 186 Å². The van der Waals surface area contributed by atoms with E-state index in [0.717, 1.165) is 22.7 Å². The molecule has 0 saturated carbocycles. The summed E-state index contributed by atoms with van der Waals surface area (Å²) in [5.74, 6) is 0. The maximum Gasteiger partial charge on any atom is 0.252 e. The van der Waals surface area contributed by atoms with Crippen LogP contribution in [0.4, 0.5) is 102 Å². The number of rotatable bonds is 4. The zero-order valence-electron chi connectivity index (χ0n) is 51.3. The van der Waals surface area contributed by atoms with Crippen molar-refractivity contribution in [2.24, 2.45) is 0 Å². The van der Waals surface area contributed by atoms with E-state index < -0.39 is 0 Å². The molecule has 434 valence electrons. The number of hydrogen-bond acceptors (Lipinski definition) is 7. The largest absolute Gasteiger partial charge is 0.312 e. The fraction of sp³-hybridized carbons (Fsp3) is 0. The summed E-state index contributed by atoms with van der Waals surface area (Å²) < 4.78 is 2.54. The summed E-state index contributed by atoms with van der Waals surface area (Å²) in [6.45, 7) is -0.133. The third-order valence-electron chi connectivity index (χ3n) is 22.1. The predicted molar refractivity (Wildman–Crippen MR) is 406 cm³/mol. The van der Waals surface area contributed by atoms with E-state index >= 15 is 0 Å². The molecule has 0 bridgehead atoms. The highest BCUT2D eigenvalue weighted by atomic mass is 32.1. The molecule has 9 heterocycles. The summed E-state index contributed by atoms with van der Waals surface area (Å²) in [6.07, 6.45) is 0. The Bertz CT molecular complexity index is 5530. The maximum atomic E-state index is 2.65. The van der Waals surface area contributed by atoms with Gasteiger partial charge in [0.1, 0.15) is 0 Å². The normalized spacial score (nSPS) is 14.5. The first kappa shape index (κ1) is 50.9. The first-order chi connectivity index (χ1) is 47.2. The topological polar surface area (TPSA) is 19.4 Å². The van der Waals surface area contributed by atoms with Gasteiger partial charge in [0.05, 0.1) is 0 Å². The third-order valence-corrected chi connectivity index (χ3v) is 23.2. The predicted octanol–water partition coefficient (Wildman–Crippen LogP) is 13.4. The van der Waals surface area contributed by atoms with Crippen molar-refractivity contribution in [1.29, 1.82) is 0 Å². The SMILES string of the molecule is c1ccc(N2c3ccccc3B3c4ccccc4N4c5ccccc5B5c6cc7c(cc6N(c6ccccc6)c6cc2c3c4c65)sc2cc3c(cc27)B2c4ccccc4N4c5ccccc5B5c6ccccc6N(c6ccccc6)c6cc(c2c4c65)N3c2ccccc2)cc1. The van der Waals surface area contributed by atoms with E-state index in [-0.39, 0.29) is 26.9 Å². The zero-order valence-corrected chi connectivity index (χ0v) is 52.1. The van der Waals surface area contributed by atoms with E-state index in [9.17, 15) is 0 Å². The minimum atomic E-state index is -0.0784. The summed E-state index contributed by atoms with van der Waals surface area (Å²) >= 11 is 1.93. The lowest BCUT2D eigenvalue weighted by atomic mass is 9.28. The molecule has 0 unspecified atom stereocenters. The number of fused-ring (bicyclic) bond motifs is 23. The van der Waals surface area contributed by atoms with Crippen molar-refractivity contribution in [2.45, 2.75) is 0 Å². The summed E-state index contributed by atoms with van der Waals surface area (Å²) in [6, 6.07) is 115. The van der Waals surface area contributed by atoms with Gasteiger partial charge in [-0.25, -0.2) is 0 Å². The second-order valence-electron chi connectivity index (χ2n) is 26.5. The van der Waals surface area contributed by atoms with Crippen molar-refractivity contribution in [1.82, 2.24) is 0 Å². The van der Waals surface area contributed by atoms with Crippen molar-refractivity contribution >= 4 is 226 Å². The molecule has 11 heteroatoms. The van der Waals surface area contributed by atoms with Crippen LogP contribution in [0.5, 0.6) is 0 Å². The number of para-hydroxylation sites is 10. The smallest absolute Gasteiger partial charge is 0.252 e. The molecule has 0 amide bonds. The molecule has 0 N–H and O–H groups in total. The molecule has 14 aromatic carbocycles. The molecule has 8 aliphatic heterocycles. The second-order valence-corrected chi connectivity index (χ2v) is 27.6. The van der Waals surface area contributed by atoms with Gasteiger partial charge in [-0.3, -0.25) is 0 Å². The Morgan fingerprint density at radius 3 is 0.705 bits per heavy atom. The number of nitrogens with zero attached hydrogens (tertiary/aromatic N) is 6. The van der Waals surface area contributed by atoms with Gasteiger partial charge in [0, 0.05) is 112 Å². The summed E-state index contributed by atoms with van der Waals surface area (Å²) in [4.78, 5) is 15.6. The third kappa shape index (κ3) is 6.49. The molecule has 1 aromatic heterocycles. The number of anilines is 18. The van der Waals surface area contributed by atoms with E-state index in [2.05, 4.69) is 333 Å². The van der Waals surface area contributed by atoms with Gasteiger partial charge in [0.15, 0.2) is 0 Å². The van der Waals surface area contributed by atoms with Crippen LogP contribution in [0.1, 0.15) is 0 Å². The van der Waals surface area contributed by atoms with Crippen molar-refractivity contribution in [2.75, 3.05) is 29.4 Å². The number of benzene rings is 14. The van der Waals surface area contributed by atoms with Gasteiger partial charge in [0.25, 0.3) is 26.9 Å². The van der Waals surface area contributed by atoms with Crippen molar-refractivity contribution in [3.63, 3.8) is 0 Å². The summed E-state index contributed by atoms with van der Waals surface area (Å²) in [5, 5.41) is 2.58. The second kappa shape index (κ2) is 18.6. The lowest BCUT2D eigenvalue weighted by Crippen LogP contribution is -2.68. The van der Waals surface area contributed by atoms with Crippen LogP contribution in [0.25, 0.3) is 20.2 Å². The number of thiophene rings is 1. The molecule has 0 radical (unpaired) electrons. The van der Waals surface area contributed by atoms with Crippen molar-refractivity contribution < 1.29 is 0 Å². The van der Waals surface area contributed by atoms with Crippen LogP contribution in [0.2, 0.25) is 0 Å². The molecule has 23 rings (SSSR count). The van der Waals surface area contributed by atoms with Crippen LogP contribution >= 0.6 is 11.3 Å². The molecule has 0 fully saturated rings.